The molecule has 0 unspecified atom stereocenters. The summed E-state index contributed by atoms with van der Waals surface area (Å²) in [5.74, 6) is 0.749. The third-order valence-corrected chi connectivity index (χ3v) is 1.92. The Morgan fingerprint density at radius 3 is 2.00 bits per heavy atom. The normalized spacial score (nSPS) is 9.44. The molecule has 100 valence electrons. The highest BCUT2D eigenvalue weighted by Crippen LogP contribution is 1.91. The number of nitrogens with zero attached hydrogens (tertiary/aromatic N) is 1. The SMILES string of the molecule is C#CCNC(=O)CN(CC(=O)OC)CC(=O)OC. The van der Waals surface area contributed by atoms with Gasteiger partial charge in [-0.15, -0.1) is 6.42 Å². The molecule has 0 aliphatic rings. The first-order chi connectivity index (χ1) is 8.53. The van der Waals surface area contributed by atoms with Gasteiger partial charge in [-0.25, -0.2) is 0 Å². The number of carbonyl (C=O) groups is 3. The quantitative estimate of drug-likeness (QED) is 0.435. The van der Waals surface area contributed by atoms with Gasteiger partial charge in [0.15, 0.2) is 0 Å². The van der Waals surface area contributed by atoms with Crippen molar-refractivity contribution in [2.75, 3.05) is 40.4 Å². The third-order valence-electron chi connectivity index (χ3n) is 1.92. The maximum absolute atomic E-state index is 11.4. The van der Waals surface area contributed by atoms with Crippen molar-refractivity contribution < 1.29 is 23.9 Å². The zero-order valence-electron chi connectivity index (χ0n) is 10.4. The summed E-state index contributed by atoms with van der Waals surface area (Å²) < 4.78 is 8.92. The predicted octanol–water partition coefficient (Wildman–Crippen LogP) is -1.62. The lowest BCUT2D eigenvalue weighted by Crippen LogP contribution is -2.42. The van der Waals surface area contributed by atoms with Crippen LogP contribution in [0.5, 0.6) is 0 Å². The van der Waals surface area contributed by atoms with Crippen LogP contribution in [-0.2, 0) is 23.9 Å². The zero-order valence-corrected chi connectivity index (χ0v) is 10.4. The number of amides is 1. The maximum Gasteiger partial charge on any atom is 0.319 e. The molecule has 18 heavy (non-hydrogen) atoms. The largest absolute Gasteiger partial charge is 0.468 e. The number of hydrogen-bond acceptors (Lipinski definition) is 6. The smallest absolute Gasteiger partial charge is 0.319 e. The van der Waals surface area contributed by atoms with Crippen LogP contribution >= 0.6 is 0 Å². The van der Waals surface area contributed by atoms with E-state index in [1.54, 1.807) is 0 Å². The summed E-state index contributed by atoms with van der Waals surface area (Å²) in [5, 5.41) is 2.42. The monoisotopic (exact) mass is 256 g/mol. The fraction of sp³-hybridized carbons (Fsp3) is 0.545. The van der Waals surface area contributed by atoms with E-state index in [1.165, 1.54) is 19.1 Å². The van der Waals surface area contributed by atoms with Crippen LogP contribution in [0.25, 0.3) is 0 Å². The maximum atomic E-state index is 11.4. The van der Waals surface area contributed by atoms with Crippen molar-refractivity contribution in [3.8, 4) is 12.3 Å². The Morgan fingerprint density at radius 1 is 1.11 bits per heavy atom. The van der Waals surface area contributed by atoms with Gasteiger partial charge in [-0.3, -0.25) is 19.3 Å². The number of esters is 2. The van der Waals surface area contributed by atoms with Crippen molar-refractivity contribution in [1.29, 1.82) is 0 Å². The highest BCUT2D eigenvalue weighted by atomic mass is 16.5. The highest BCUT2D eigenvalue weighted by Gasteiger charge is 2.18. The lowest BCUT2D eigenvalue weighted by atomic mass is 10.4. The molecule has 0 aromatic rings. The van der Waals surface area contributed by atoms with Gasteiger partial charge in [0.2, 0.25) is 5.91 Å². The summed E-state index contributed by atoms with van der Waals surface area (Å²) in [6.45, 7) is -0.431. The molecule has 0 heterocycles. The van der Waals surface area contributed by atoms with Gasteiger partial charge in [-0.1, -0.05) is 5.92 Å². The first-order valence-corrected chi connectivity index (χ1v) is 5.09. The van der Waals surface area contributed by atoms with Crippen LogP contribution in [-0.4, -0.2) is 63.1 Å². The first kappa shape index (κ1) is 15.9. The number of rotatable bonds is 7. The molecule has 0 aromatic heterocycles. The summed E-state index contributed by atoms with van der Waals surface area (Å²) in [6.07, 6.45) is 4.99. The van der Waals surface area contributed by atoms with E-state index in [0.29, 0.717) is 0 Å². The summed E-state index contributed by atoms with van der Waals surface area (Å²) in [6, 6.07) is 0. The van der Waals surface area contributed by atoms with E-state index in [9.17, 15) is 14.4 Å². The molecule has 0 atom stereocenters. The van der Waals surface area contributed by atoms with Crippen molar-refractivity contribution in [1.82, 2.24) is 10.2 Å². The van der Waals surface area contributed by atoms with Crippen LogP contribution in [0.3, 0.4) is 0 Å². The minimum atomic E-state index is -0.552. The molecule has 1 amide bonds. The van der Waals surface area contributed by atoms with Gasteiger partial charge in [-0.05, 0) is 0 Å². The van der Waals surface area contributed by atoms with Crippen LogP contribution in [0.4, 0.5) is 0 Å². The topological polar surface area (TPSA) is 84.9 Å². The Labute approximate surface area is 105 Å². The molecule has 1 N–H and O–H groups in total. The van der Waals surface area contributed by atoms with Crippen molar-refractivity contribution >= 4 is 17.8 Å². The van der Waals surface area contributed by atoms with E-state index in [2.05, 4.69) is 20.7 Å². The van der Waals surface area contributed by atoms with E-state index < -0.39 is 11.9 Å². The van der Waals surface area contributed by atoms with E-state index in [0.717, 1.165) is 0 Å². The Morgan fingerprint density at radius 2 is 1.61 bits per heavy atom. The molecular formula is C11H16N2O5. The minimum absolute atomic E-state index is 0.0864. The molecule has 0 radical (unpaired) electrons. The van der Waals surface area contributed by atoms with Gasteiger partial charge in [0, 0.05) is 0 Å². The second kappa shape index (κ2) is 9.01. The van der Waals surface area contributed by atoms with Crippen molar-refractivity contribution in [2.45, 2.75) is 0 Å². The number of ether oxygens (including phenoxy) is 2. The van der Waals surface area contributed by atoms with Crippen molar-refractivity contribution in [3.63, 3.8) is 0 Å². The molecule has 7 nitrogen and oxygen atoms in total. The van der Waals surface area contributed by atoms with Crippen LogP contribution in [0, 0.1) is 12.3 Å². The number of hydrogen-bond donors (Lipinski definition) is 1. The second-order valence-electron chi connectivity index (χ2n) is 3.28. The summed E-state index contributed by atoms with van der Waals surface area (Å²) >= 11 is 0. The number of carbonyl (C=O) groups excluding carboxylic acids is 3. The highest BCUT2D eigenvalue weighted by molar-refractivity contribution is 5.81. The van der Waals surface area contributed by atoms with Crippen molar-refractivity contribution in [2.24, 2.45) is 0 Å². The van der Waals surface area contributed by atoms with Gasteiger partial charge < -0.3 is 14.8 Å². The van der Waals surface area contributed by atoms with Crippen LogP contribution in [0.2, 0.25) is 0 Å². The molecule has 0 saturated heterocycles. The Kier molecular flexibility index (Phi) is 7.98. The molecule has 0 bridgehead atoms. The number of terminal acetylenes is 1. The summed E-state index contributed by atoms with van der Waals surface area (Å²) in [5.41, 5.74) is 0. The van der Waals surface area contributed by atoms with Gasteiger partial charge in [0.05, 0.1) is 40.4 Å². The third kappa shape index (κ3) is 7.24. The molecule has 0 aromatic carbocycles. The average Bonchev–Trinajstić information content (AvgIpc) is 2.35. The minimum Gasteiger partial charge on any atom is -0.468 e. The van der Waals surface area contributed by atoms with E-state index in [4.69, 9.17) is 6.42 Å². The van der Waals surface area contributed by atoms with Gasteiger partial charge in [0.25, 0.3) is 0 Å². The molecule has 0 rings (SSSR count). The number of nitrogens with one attached hydrogen (secondary N) is 1. The lowest BCUT2D eigenvalue weighted by Gasteiger charge is -2.18. The molecule has 0 aliphatic carbocycles. The lowest BCUT2D eigenvalue weighted by molar-refractivity contribution is -0.146. The van der Waals surface area contributed by atoms with E-state index in [1.807, 2.05) is 0 Å². The fourth-order valence-corrected chi connectivity index (χ4v) is 1.07. The Bertz CT molecular complexity index is 330. The molecule has 7 heteroatoms. The fourth-order valence-electron chi connectivity index (χ4n) is 1.07. The van der Waals surface area contributed by atoms with Crippen LogP contribution < -0.4 is 5.32 Å². The Balaban J connectivity index is 4.37. The molecule has 0 aliphatic heterocycles. The predicted molar refractivity (Wildman–Crippen MR) is 62.3 cm³/mol. The van der Waals surface area contributed by atoms with Gasteiger partial charge in [-0.2, -0.15) is 0 Å². The van der Waals surface area contributed by atoms with Crippen LogP contribution in [0.1, 0.15) is 0 Å². The second-order valence-corrected chi connectivity index (χ2v) is 3.28. The van der Waals surface area contributed by atoms with Crippen molar-refractivity contribution in [3.05, 3.63) is 0 Å². The molecular weight excluding hydrogens is 240 g/mol. The van der Waals surface area contributed by atoms with Gasteiger partial charge >= 0.3 is 11.9 Å². The summed E-state index contributed by atoms with van der Waals surface area (Å²) in [7, 11) is 2.44. The molecule has 0 spiro atoms. The first-order valence-electron chi connectivity index (χ1n) is 5.09. The Hall–Kier alpha value is -2.07. The molecule has 0 fully saturated rings. The summed E-state index contributed by atoms with van der Waals surface area (Å²) in [4.78, 5) is 34.9. The van der Waals surface area contributed by atoms with E-state index >= 15 is 0 Å². The van der Waals surface area contributed by atoms with E-state index in [-0.39, 0.29) is 32.1 Å². The van der Waals surface area contributed by atoms with Crippen LogP contribution in [0.15, 0.2) is 0 Å². The zero-order chi connectivity index (χ0) is 14.0. The molecule has 0 saturated carbocycles. The number of methoxy groups -OCH3 is 2. The average molecular weight is 256 g/mol. The van der Waals surface area contributed by atoms with Gasteiger partial charge in [0.1, 0.15) is 0 Å². The standard InChI is InChI=1S/C11H16N2O5/c1-4-5-12-9(14)6-13(7-10(15)17-2)8-11(16)18-3/h1H,5-8H2,2-3H3,(H,12,14).